The van der Waals surface area contributed by atoms with Gasteiger partial charge in [0.15, 0.2) is 0 Å². The van der Waals surface area contributed by atoms with Crippen molar-refractivity contribution in [3.63, 3.8) is 0 Å². The number of nitrogens with one attached hydrogen (secondary N) is 1. The maximum absolute atomic E-state index is 12.9. The van der Waals surface area contributed by atoms with Gasteiger partial charge in [-0.15, -0.1) is 0 Å². The van der Waals surface area contributed by atoms with Gasteiger partial charge in [0.1, 0.15) is 13.2 Å². The van der Waals surface area contributed by atoms with Gasteiger partial charge in [-0.1, -0.05) is 172 Å². The SMILES string of the molecule is CCCCCCCC/C=C\CCCCCCCC(=O)NC(COP(=O)(O)OCC[N+](C)(C)C)C(O)/C=C/CC/C=C/CCCCCCCCCCCCCC. The van der Waals surface area contributed by atoms with Crippen molar-refractivity contribution in [1.82, 2.24) is 5.32 Å². The lowest BCUT2D eigenvalue weighted by atomic mass is 10.0. The van der Waals surface area contributed by atoms with Gasteiger partial charge in [-0.05, 0) is 57.8 Å². The molecule has 0 rings (SSSR count). The number of quaternary nitrogens is 1. The summed E-state index contributed by atoms with van der Waals surface area (Å²) in [6.07, 6.45) is 46.4. The van der Waals surface area contributed by atoms with Crippen LogP contribution in [0.1, 0.15) is 200 Å². The van der Waals surface area contributed by atoms with E-state index in [-0.39, 0.29) is 19.1 Å². The van der Waals surface area contributed by atoms with Gasteiger partial charge in [-0.25, -0.2) is 4.57 Å². The Morgan fingerprint density at radius 2 is 1.00 bits per heavy atom. The van der Waals surface area contributed by atoms with Crippen molar-refractivity contribution in [2.75, 3.05) is 40.9 Å². The molecule has 324 valence electrons. The topological polar surface area (TPSA) is 105 Å². The predicted molar refractivity (Wildman–Crippen MR) is 235 cm³/mol. The number of aliphatic hydroxyl groups is 1. The summed E-state index contributed by atoms with van der Waals surface area (Å²) in [5.74, 6) is -0.196. The molecule has 0 heterocycles. The highest BCUT2D eigenvalue weighted by atomic mass is 31.2. The van der Waals surface area contributed by atoms with Crippen LogP contribution in [-0.4, -0.2) is 73.4 Å². The molecule has 0 aromatic carbocycles. The fraction of sp³-hybridized carbons (Fsp3) is 0.848. The molecule has 3 N–H and O–H groups in total. The highest BCUT2D eigenvalue weighted by Gasteiger charge is 2.27. The molecule has 1 amide bonds. The van der Waals surface area contributed by atoms with E-state index < -0.39 is 20.0 Å². The standard InChI is InChI=1S/C46H89N2O6P/c1-6-8-10-12-14-16-18-20-22-23-24-26-27-29-31-33-35-37-39-45(49)44(43-54-55(51,52)53-42-41-48(3,4)5)47-46(50)40-38-36-34-32-30-28-25-21-19-17-15-13-11-9-7-2/h21,25,29,31,37,39,44-45,49H,6-20,22-24,26-28,30,32-36,38,40-43H2,1-5H3,(H-,47,50,51,52)/p+1/b25-21-,31-29+,39-37+. The molecule has 3 unspecified atom stereocenters. The number of rotatable bonds is 41. The molecule has 8 nitrogen and oxygen atoms in total. The molecule has 0 aromatic heterocycles. The van der Waals surface area contributed by atoms with Gasteiger partial charge in [0.25, 0.3) is 0 Å². The zero-order valence-corrected chi connectivity index (χ0v) is 37.6. The average molecular weight is 798 g/mol. The van der Waals surface area contributed by atoms with Gasteiger partial charge in [0, 0.05) is 6.42 Å². The molecule has 0 saturated heterocycles. The Morgan fingerprint density at radius 1 is 0.600 bits per heavy atom. The molecule has 0 bridgehead atoms. The van der Waals surface area contributed by atoms with Gasteiger partial charge in [0.2, 0.25) is 5.91 Å². The number of allylic oxidation sites excluding steroid dienone is 5. The van der Waals surface area contributed by atoms with E-state index in [0.717, 1.165) is 51.4 Å². The highest BCUT2D eigenvalue weighted by Crippen LogP contribution is 2.43. The minimum atomic E-state index is -4.35. The molecule has 0 spiro atoms. The van der Waals surface area contributed by atoms with E-state index in [1.807, 2.05) is 27.2 Å². The first-order chi connectivity index (χ1) is 26.5. The summed E-state index contributed by atoms with van der Waals surface area (Å²) in [6, 6.07) is -0.865. The van der Waals surface area contributed by atoms with Crippen molar-refractivity contribution < 1.29 is 32.9 Å². The highest BCUT2D eigenvalue weighted by molar-refractivity contribution is 7.47. The van der Waals surface area contributed by atoms with Crippen LogP contribution in [0.25, 0.3) is 0 Å². The van der Waals surface area contributed by atoms with Crippen molar-refractivity contribution in [3.8, 4) is 0 Å². The summed E-state index contributed by atoms with van der Waals surface area (Å²) in [6.45, 7) is 4.78. The average Bonchev–Trinajstić information content (AvgIpc) is 3.13. The molecular formula is C46H90N2O6P+. The molecule has 0 aliphatic heterocycles. The number of phosphoric acid groups is 1. The quantitative estimate of drug-likeness (QED) is 0.0246. The van der Waals surface area contributed by atoms with Crippen LogP contribution in [0.4, 0.5) is 0 Å². The predicted octanol–water partition coefficient (Wildman–Crippen LogP) is 12.7. The van der Waals surface area contributed by atoms with E-state index in [1.165, 1.54) is 128 Å². The minimum absolute atomic E-state index is 0.0546. The van der Waals surface area contributed by atoms with E-state index in [0.29, 0.717) is 17.4 Å². The summed E-state index contributed by atoms with van der Waals surface area (Å²) in [5, 5.41) is 13.8. The summed E-state index contributed by atoms with van der Waals surface area (Å²) < 4.78 is 23.5. The van der Waals surface area contributed by atoms with Crippen LogP contribution in [0.15, 0.2) is 36.5 Å². The van der Waals surface area contributed by atoms with Gasteiger partial charge in [0.05, 0.1) is 39.9 Å². The number of nitrogens with zero attached hydrogens (tertiary/aromatic N) is 1. The smallest absolute Gasteiger partial charge is 0.387 e. The van der Waals surface area contributed by atoms with Gasteiger partial charge >= 0.3 is 7.82 Å². The second-order valence-corrected chi connectivity index (χ2v) is 18.2. The zero-order valence-electron chi connectivity index (χ0n) is 36.7. The molecule has 0 radical (unpaired) electrons. The number of amides is 1. The largest absolute Gasteiger partial charge is 0.472 e. The maximum Gasteiger partial charge on any atom is 0.472 e. The van der Waals surface area contributed by atoms with E-state index in [4.69, 9.17) is 9.05 Å². The van der Waals surface area contributed by atoms with Gasteiger partial charge in [-0.2, -0.15) is 0 Å². The Bertz CT molecular complexity index is 995. The minimum Gasteiger partial charge on any atom is -0.387 e. The van der Waals surface area contributed by atoms with Crippen molar-refractivity contribution in [1.29, 1.82) is 0 Å². The van der Waals surface area contributed by atoms with Crippen LogP contribution in [-0.2, 0) is 18.4 Å². The first-order valence-corrected chi connectivity index (χ1v) is 24.4. The second-order valence-electron chi connectivity index (χ2n) is 16.8. The molecule has 0 fully saturated rings. The van der Waals surface area contributed by atoms with E-state index in [2.05, 4.69) is 43.5 Å². The first-order valence-electron chi connectivity index (χ1n) is 22.9. The third-order valence-corrected chi connectivity index (χ3v) is 11.1. The summed E-state index contributed by atoms with van der Waals surface area (Å²) in [5.41, 5.74) is 0. The molecular weight excluding hydrogens is 707 g/mol. The number of hydrogen-bond donors (Lipinski definition) is 3. The summed E-state index contributed by atoms with van der Waals surface area (Å²) >= 11 is 0. The number of hydrogen-bond acceptors (Lipinski definition) is 5. The van der Waals surface area contributed by atoms with Crippen LogP contribution < -0.4 is 5.32 Å². The van der Waals surface area contributed by atoms with E-state index in [1.54, 1.807) is 6.08 Å². The third-order valence-electron chi connectivity index (χ3n) is 10.1. The molecule has 0 aromatic rings. The van der Waals surface area contributed by atoms with Crippen LogP contribution in [0.5, 0.6) is 0 Å². The number of carbonyl (C=O) groups excluding carboxylic acids is 1. The Hall–Kier alpha value is -1.28. The van der Waals surface area contributed by atoms with Crippen LogP contribution in [0, 0.1) is 0 Å². The third kappa shape index (κ3) is 40.7. The Morgan fingerprint density at radius 3 is 1.45 bits per heavy atom. The molecule has 0 saturated carbocycles. The van der Waals surface area contributed by atoms with Crippen LogP contribution >= 0.6 is 7.82 Å². The Balaban J connectivity index is 4.47. The zero-order chi connectivity index (χ0) is 40.7. The van der Waals surface area contributed by atoms with Gasteiger partial charge < -0.3 is 19.8 Å². The number of carbonyl (C=O) groups is 1. The number of aliphatic hydroxyl groups excluding tert-OH is 1. The Kier molecular flexibility index (Phi) is 37.4. The molecule has 3 atom stereocenters. The maximum atomic E-state index is 12.9. The number of unbranched alkanes of at least 4 members (excludes halogenated alkanes) is 24. The van der Waals surface area contributed by atoms with Crippen LogP contribution in [0.3, 0.4) is 0 Å². The van der Waals surface area contributed by atoms with Crippen molar-refractivity contribution in [3.05, 3.63) is 36.5 Å². The lowest BCUT2D eigenvalue weighted by Gasteiger charge is -2.25. The van der Waals surface area contributed by atoms with Crippen molar-refractivity contribution in [2.24, 2.45) is 0 Å². The lowest BCUT2D eigenvalue weighted by molar-refractivity contribution is -0.870. The molecule has 55 heavy (non-hydrogen) atoms. The first kappa shape index (κ1) is 53.7. The monoisotopic (exact) mass is 798 g/mol. The fourth-order valence-corrected chi connectivity index (χ4v) is 7.14. The number of likely N-dealkylation sites (N-methyl/N-ethyl adjacent to an activating group) is 1. The van der Waals surface area contributed by atoms with Crippen molar-refractivity contribution in [2.45, 2.75) is 212 Å². The Labute approximate surface area is 340 Å². The lowest BCUT2D eigenvalue weighted by Crippen LogP contribution is -2.45. The normalized spacial score (nSPS) is 14.7. The number of phosphoric ester groups is 1. The molecule has 9 heteroatoms. The summed E-state index contributed by atoms with van der Waals surface area (Å²) in [4.78, 5) is 23.1. The van der Waals surface area contributed by atoms with E-state index >= 15 is 0 Å². The summed E-state index contributed by atoms with van der Waals surface area (Å²) in [7, 11) is 1.55. The van der Waals surface area contributed by atoms with Crippen molar-refractivity contribution >= 4 is 13.7 Å². The molecule has 0 aliphatic carbocycles. The van der Waals surface area contributed by atoms with Gasteiger partial charge in [-0.3, -0.25) is 13.8 Å². The van der Waals surface area contributed by atoms with Crippen LogP contribution in [0.2, 0.25) is 0 Å². The van der Waals surface area contributed by atoms with E-state index in [9.17, 15) is 19.4 Å². The fourth-order valence-electron chi connectivity index (χ4n) is 6.40. The second kappa shape index (κ2) is 38.2. The molecule has 0 aliphatic rings.